The first-order valence-electron chi connectivity index (χ1n) is 6.36. The fraction of sp³-hybridized carbons (Fsp3) is 0.500. The fourth-order valence-corrected chi connectivity index (χ4v) is 2.45. The average molecular weight is 328 g/mol. The van der Waals surface area contributed by atoms with Crippen molar-refractivity contribution in [2.75, 3.05) is 20.3 Å². The van der Waals surface area contributed by atoms with Gasteiger partial charge < -0.3 is 14.8 Å². The smallest absolute Gasteiger partial charge is 0.251 e. The predicted octanol–water partition coefficient (Wildman–Crippen LogP) is 2.50. The molecule has 1 aromatic carbocycles. The van der Waals surface area contributed by atoms with Gasteiger partial charge in [0, 0.05) is 36.4 Å². The second-order valence-corrected chi connectivity index (χ2v) is 5.45. The lowest BCUT2D eigenvalue weighted by atomic mass is 10.1. The van der Waals surface area contributed by atoms with Gasteiger partial charge in [0.15, 0.2) is 0 Å². The van der Waals surface area contributed by atoms with E-state index in [2.05, 4.69) is 21.2 Å². The van der Waals surface area contributed by atoms with Crippen LogP contribution in [0.1, 0.15) is 28.8 Å². The normalized spacial score (nSPS) is 16.3. The topological polar surface area (TPSA) is 47.6 Å². The maximum absolute atomic E-state index is 12.2. The van der Waals surface area contributed by atoms with Crippen LogP contribution in [0.4, 0.5) is 0 Å². The second kappa shape index (κ2) is 7.03. The van der Waals surface area contributed by atoms with Crippen LogP contribution in [0, 0.1) is 0 Å². The summed E-state index contributed by atoms with van der Waals surface area (Å²) in [6.07, 6.45) is 1.76. The van der Waals surface area contributed by atoms with Crippen LogP contribution < -0.4 is 5.32 Å². The number of benzene rings is 1. The first-order chi connectivity index (χ1) is 9.20. The minimum Gasteiger partial charge on any atom is -0.381 e. The molecule has 1 aromatic rings. The third-order valence-electron chi connectivity index (χ3n) is 3.16. The molecule has 1 fully saturated rings. The predicted molar refractivity (Wildman–Crippen MR) is 76.2 cm³/mol. The number of halogens is 1. The summed E-state index contributed by atoms with van der Waals surface area (Å²) in [5.41, 5.74) is 1.64. The number of ether oxygens (including phenoxy) is 2. The van der Waals surface area contributed by atoms with E-state index in [0.29, 0.717) is 12.2 Å². The highest BCUT2D eigenvalue weighted by Crippen LogP contribution is 2.19. The lowest BCUT2D eigenvalue weighted by Crippen LogP contribution is -2.38. The molecule has 0 aliphatic carbocycles. The Morgan fingerprint density at radius 2 is 2.21 bits per heavy atom. The van der Waals surface area contributed by atoms with Crippen molar-refractivity contribution in [1.29, 1.82) is 0 Å². The van der Waals surface area contributed by atoms with Gasteiger partial charge in [-0.3, -0.25) is 4.79 Å². The van der Waals surface area contributed by atoms with Crippen LogP contribution in [0.3, 0.4) is 0 Å². The van der Waals surface area contributed by atoms with Crippen LogP contribution in [0.25, 0.3) is 0 Å². The molecule has 1 N–H and O–H groups in total. The van der Waals surface area contributed by atoms with Gasteiger partial charge in [-0.15, -0.1) is 0 Å². The first kappa shape index (κ1) is 14.5. The first-order valence-corrected chi connectivity index (χ1v) is 7.16. The minimum atomic E-state index is -0.0308. The largest absolute Gasteiger partial charge is 0.381 e. The van der Waals surface area contributed by atoms with Crippen molar-refractivity contribution < 1.29 is 14.3 Å². The maximum atomic E-state index is 12.2. The molecule has 0 unspecified atom stereocenters. The van der Waals surface area contributed by atoms with Crippen molar-refractivity contribution in [2.45, 2.75) is 25.5 Å². The average Bonchev–Trinajstić information content (AvgIpc) is 2.42. The number of methoxy groups -OCH3 is 1. The molecule has 5 heteroatoms. The van der Waals surface area contributed by atoms with E-state index in [0.717, 1.165) is 36.1 Å². The molecular formula is C14H18BrNO3. The number of carbonyl (C=O) groups excluding carboxylic acids is 1. The van der Waals surface area contributed by atoms with Crippen molar-refractivity contribution in [3.63, 3.8) is 0 Å². The summed E-state index contributed by atoms with van der Waals surface area (Å²) in [5.74, 6) is -0.0308. The van der Waals surface area contributed by atoms with Crippen molar-refractivity contribution in [3.8, 4) is 0 Å². The SMILES string of the molecule is COCc1cc(C(=O)NC2CCOCC2)ccc1Br. The van der Waals surface area contributed by atoms with Gasteiger partial charge in [-0.05, 0) is 36.6 Å². The summed E-state index contributed by atoms with van der Waals surface area (Å²) in [7, 11) is 1.64. The highest BCUT2D eigenvalue weighted by Gasteiger charge is 2.17. The zero-order chi connectivity index (χ0) is 13.7. The Morgan fingerprint density at radius 1 is 1.47 bits per heavy atom. The van der Waals surface area contributed by atoms with Gasteiger partial charge in [-0.1, -0.05) is 15.9 Å². The molecule has 1 amide bonds. The Bertz CT molecular complexity index is 444. The summed E-state index contributed by atoms with van der Waals surface area (Å²) in [4.78, 5) is 12.2. The van der Waals surface area contributed by atoms with Gasteiger partial charge in [0.1, 0.15) is 0 Å². The monoisotopic (exact) mass is 327 g/mol. The van der Waals surface area contributed by atoms with Crippen LogP contribution in [0.5, 0.6) is 0 Å². The van der Waals surface area contributed by atoms with E-state index in [1.54, 1.807) is 7.11 Å². The van der Waals surface area contributed by atoms with E-state index in [9.17, 15) is 4.79 Å². The molecule has 0 atom stereocenters. The van der Waals surface area contributed by atoms with E-state index in [4.69, 9.17) is 9.47 Å². The molecule has 1 saturated heterocycles. The third kappa shape index (κ3) is 4.03. The molecule has 1 aliphatic heterocycles. The summed E-state index contributed by atoms with van der Waals surface area (Å²) >= 11 is 3.45. The molecule has 0 radical (unpaired) electrons. The Hall–Kier alpha value is -0.910. The molecule has 104 valence electrons. The molecule has 1 heterocycles. The lowest BCUT2D eigenvalue weighted by molar-refractivity contribution is 0.0696. The Labute approximate surface area is 121 Å². The van der Waals surface area contributed by atoms with Crippen LogP contribution >= 0.6 is 15.9 Å². The van der Waals surface area contributed by atoms with Gasteiger partial charge >= 0.3 is 0 Å². The van der Waals surface area contributed by atoms with Gasteiger partial charge in [-0.2, -0.15) is 0 Å². The van der Waals surface area contributed by atoms with E-state index in [-0.39, 0.29) is 11.9 Å². The molecule has 1 aliphatic rings. The number of amides is 1. The minimum absolute atomic E-state index is 0.0308. The van der Waals surface area contributed by atoms with E-state index >= 15 is 0 Å². The molecule has 0 bridgehead atoms. The Kier molecular flexibility index (Phi) is 5.36. The van der Waals surface area contributed by atoms with E-state index in [1.165, 1.54) is 0 Å². The van der Waals surface area contributed by atoms with Crippen LogP contribution in [0.2, 0.25) is 0 Å². The molecule has 19 heavy (non-hydrogen) atoms. The van der Waals surface area contributed by atoms with Crippen LogP contribution in [-0.2, 0) is 16.1 Å². The Morgan fingerprint density at radius 3 is 2.89 bits per heavy atom. The van der Waals surface area contributed by atoms with Crippen LogP contribution in [0.15, 0.2) is 22.7 Å². The molecule has 0 aromatic heterocycles. The molecular weight excluding hydrogens is 310 g/mol. The summed E-state index contributed by atoms with van der Waals surface area (Å²) in [5, 5.41) is 3.05. The fourth-order valence-electron chi connectivity index (χ4n) is 2.09. The zero-order valence-electron chi connectivity index (χ0n) is 10.9. The zero-order valence-corrected chi connectivity index (χ0v) is 12.5. The molecule has 0 saturated carbocycles. The number of carbonyl (C=O) groups is 1. The van der Waals surface area contributed by atoms with Crippen molar-refractivity contribution in [3.05, 3.63) is 33.8 Å². The lowest BCUT2D eigenvalue weighted by Gasteiger charge is -2.23. The second-order valence-electron chi connectivity index (χ2n) is 4.60. The van der Waals surface area contributed by atoms with Gasteiger partial charge in [0.25, 0.3) is 5.91 Å². The van der Waals surface area contributed by atoms with Crippen molar-refractivity contribution in [1.82, 2.24) is 5.32 Å². The van der Waals surface area contributed by atoms with Gasteiger partial charge in [-0.25, -0.2) is 0 Å². The molecule has 4 nitrogen and oxygen atoms in total. The molecule has 2 rings (SSSR count). The van der Waals surface area contributed by atoms with Crippen LogP contribution in [-0.4, -0.2) is 32.3 Å². The molecule has 0 spiro atoms. The van der Waals surface area contributed by atoms with Gasteiger partial charge in [0.2, 0.25) is 0 Å². The maximum Gasteiger partial charge on any atom is 0.251 e. The van der Waals surface area contributed by atoms with E-state index in [1.807, 2.05) is 18.2 Å². The summed E-state index contributed by atoms with van der Waals surface area (Å²) in [6.45, 7) is 1.93. The third-order valence-corrected chi connectivity index (χ3v) is 3.94. The highest BCUT2D eigenvalue weighted by atomic mass is 79.9. The number of hydrogen-bond donors (Lipinski definition) is 1. The number of hydrogen-bond acceptors (Lipinski definition) is 3. The van der Waals surface area contributed by atoms with Gasteiger partial charge in [0.05, 0.1) is 6.61 Å². The summed E-state index contributed by atoms with van der Waals surface area (Å²) < 4.78 is 11.4. The standard InChI is InChI=1S/C14H18BrNO3/c1-18-9-11-8-10(2-3-13(11)15)14(17)16-12-4-6-19-7-5-12/h2-3,8,12H,4-7,9H2,1H3,(H,16,17). The highest BCUT2D eigenvalue weighted by molar-refractivity contribution is 9.10. The number of rotatable bonds is 4. The summed E-state index contributed by atoms with van der Waals surface area (Å²) in [6, 6.07) is 5.78. The van der Waals surface area contributed by atoms with E-state index < -0.39 is 0 Å². The van der Waals surface area contributed by atoms with Crippen molar-refractivity contribution in [2.24, 2.45) is 0 Å². The quantitative estimate of drug-likeness (QED) is 0.924. The Balaban J connectivity index is 2.03. The van der Waals surface area contributed by atoms with Crippen molar-refractivity contribution >= 4 is 21.8 Å². The number of nitrogens with one attached hydrogen (secondary N) is 1.